The van der Waals surface area contributed by atoms with Crippen molar-refractivity contribution >= 4 is 45.2 Å². The summed E-state index contributed by atoms with van der Waals surface area (Å²) in [5, 5.41) is 4.11. The number of anilines is 1. The second-order valence-corrected chi connectivity index (χ2v) is 7.31. The number of thiazole rings is 1. The van der Waals surface area contributed by atoms with Crippen LogP contribution in [0.3, 0.4) is 0 Å². The molecule has 3 aromatic heterocycles. The zero-order valence-electron chi connectivity index (χ0n) is 10.7. The summed E-state index contributed by atoms with van der Waals surface area (Å²) in [6.45, 7) is 3.90. The summed E-state index contributed by atoms with van der Waals surface area (Å²) < 4.78 is 4.27. The largest absolute Gasteiger partial charge is 0.296 e. The molecule has 3 rings (SSSR count). The smallest absolute Gasteiger partial charge is 0.269 e. The van der Waals surface area contributed by atoms with E-state index in [0.29, 0.717) is 15.8 Å². The number of carbonyl (C=O) groups excluding carboxylic acids is 1. The van der Waals surface area contributed by atoms with E-state index in [0.717, 1.165) is 9.88 Å². The fourth-order valence-electron chi connectivity index (χ4n) is 1.55. The van der Waals surface area contributed by atoms with Crippen LogP contribution in [0.25, 0.3) is 10.7 Å². The molecule has 1 N–H and O–H groups in total. The van der Waals surface area contributed by atoms with Gasteiger partial charge in [-0.1, -0.05) is 0 Å². The highest BCUT2D eigenvalue weighted by Gasteiger charge is 2.13. The summed E-state index contributed by atoms with van der Waals surface area (Å²) in [5.74, 6) is 0.463. The van der Waals surface area contributed by atoms with Crippen LogP contribution in [-0.4, -0.2) is 20.2 Å². The molecule has 0 aliphatic heterocycles. The van der Waals surface area contributed by atoms with Gasteiger partial charge in [0.15, 0.2) is 5.82 Å². The Morgan fingerprint density at radius 2 is 2.10 bits per heavy atom. The average molecular weight is 322 g/mol. The molecule has 0 saturated carbocycles. The van der Waals surface area contributed by atoms with Gasteiger partial charge in [0.1, 0.15) is 4.88 Å². The second-order valence-electron chi connectivity index (χ2n) is 4.03. The van der Waals surface area contributed by atoms with E-state index in [4.69, 9.17) is 0 Å². The third-order valence-corrected chi connectivity index (χ3v) is 4.99. The minimum absolute atomic E-state index is 0.194. The first-order valence-corrected chi connectivity index (χ1v) is 8.17. The molecule has 0 saturated heterocycles. The van der Waals surface area contributed by atoms with Gasteiger partial charge in [0.25, 0.3) is 5.91 Å². The minimum atomic E-state index is -0.194. The van der Waals surface area contributed by atoms with Crippen molar-refractivity contribution in [2.24, 2.45) is 0 Å². The molecule has 0 aliphatic carbocycles. The second kappa shape index (κ2) is 5.39. The lowest BCUT2D eigenvalue weighted by molar-refractivity contribution is 0.103. The van der Waals surface area contributed by atoms with E-state index >= 15 is 0 Å². The SMILES string of the molecule is Cc1ccc(-c2nsc(NC(=O)c3cnc(C)s3)n2)s1. The number of nitrogens with one attached hydrogen (secondary N) is 1. The van der Waals surface area contributed by atoms with Crippen molar-refractivity contribution in [3.8, 4) is 10.7 Å². The predicted molar refractivity (Wildman–Crippen MR) is 82.8 cm³/mol. The van der Waals surface area contributed by atoms with Crippen LogP contribution in [0.4, 0.5) is 5.13 Å². The summed E-state index contributed by atoms with van der Waals surface area (Å²) in [6, 6.07) is 4.01. The van der Waals surface area contributed by atoms with E-state index in [1.54, 1.807) is 17.5 Å². The zero-order chi connectivity index (χ0) is 14.1. The highest BCUT2D eigenvalue weighted by atomic mass is 32.1. The number of amides is 1. The van der Waals surface area contributed by atoms with E-state index in [2.05, 4.69) is 19.7 Å². The van der Waals surface area contributed by atoms with Crippen molar-refractivity contribution in [2.75, 3.05) is 5.32 Å². The lowest BCUT2D eigenvalue weighted by Gasteiger charge is -1.95. The van der Waals surface area contributed by atoms with E-state index in [1.807, 2.05) is 26.0 Å². The average Bonchev–Trinajstić information content (AvgIpc) is 3.10. The fourth-order valence-corrected chi connectivity index (χ4v) is 3.66. The Morgan fingerprint density at radius 1 is 1.25 bits per heavy atom. The summed E-state index contributed by atoms with van der Waals surface area (Å²) in [5.41, 5.74) is 0. The number of carbonyl (C=O) groups is 1. The number of thiophene rings is 1. The van der Waals surface area contributed by atoms with Gasteiger partial charge in [0.05, 0.1) is 16.1 Å². The molecule has 0 radical (unpaired) electrons. The van der Waals surface area contributed by atoms with Crippen LogP contribution in [0.2, 0.25) is 0 Å². The van der Waals surface area contributed by atoms with E-state index in [1.165, 1.54) is 27.7 Å². The third kappa shape index (κ3) is 2.77. The molecule has 1 amide bonds. The van der Waals surface area contributed by atoms with E-state index in [9.17, 15) is 4.79 Å². The van der Waals surface area contributed by atoms with Crippen molar-refractivity contribution < 1.29 is 4.79 Å². The Labute approximate surface area is 127 Å². The quantitative estimate of drug-likeness (QED) is 0.800. The number of aromatic nitrogens is 3. The lowest BCUT2D eigenvalue weighted by Crippen LogP contribution is -2.09. The number of nitrogens with zero attached hydrogens (tertiary/aromatic N) is 3. The van der Waals surface area contributed by atoms with Crippen LogP contribution >= 0.6 is 34.2 Å². The van der Waals surface area contributed by atoms with Gasteiger partial charge in [-0.05, 0) is 26.0 Å². The van der Waals surface area contributed by atoms with Gasteiger partial charge in [0, 0.05) is 16.4 Å². The predicted octanol–water partition coefficient (Wildman–Crippen LogP) is 3.59. The highest BCUT2D eigenvalue weighted by Crippen LogP contribution is 2.28. The Hall–Kier alpha value is -1.64. The van der Waals surface area contributed by atoms with Gasteiger partial charge in [-0.15, -0.1) is 22.7 Å². The summed E-state index contributed by atoms with van der Waals surface area (Å²) >= 11 is 4.17. The molecule has 0 unspecified atom stereocenters. The van der Waals surface area contributed by atoms with Gasteiger partial charge in [0.2, 0.25) is 5.13 Å². The Morgan fingerprint density at radius 3 is 2.75 bits per heavy atom. The molecule has 102 valence electrons. The number of hydrogen-bond acceptors (Lipinski definition) is 7. The van der Waals surface area contributed by atoms with Crippen LogP contribution in [0.15, 0.2) is 18.3 Å². The van der Waals surface area contributed by atoms with Gasteiger partial charge in [-0.3, -0.25) is 10.1 Å². The van der Waals surface area contributed by atoms with Gasteiger partial charge in [-0.2, -0.15) is 9.36 Å². The van der Waals surface area contributed by atoms with E-state index < -0.39 is 0 Å². The molecule has 0 atom stereocenters. The minimum Gasteiger partial charge on any atom is -0.296 e. The Kier molecular flexibility index (Phi) is 3.60. The maximum absolute atomic E-state index is 12.0. The van der Waals surface area contributed by atoms with Crippen molar-refractivity contribution in [2.45, 2.75) is 13.8 Å². The molecular weight excluding hydrogens is 312 g/mol. The van der Waals surface area contributed by atoms with Crippen LogP contribution in [-0.2, 0) is 0 Å². The van der Waals surface area contributed by atoms with Crippen LogP contribution < -0.4 is 5.32 Å². The summed E-state index contributed by atoms with van der Waals surface area (Å²) in [4.78, 5) is 23.2. The first-order chi connectivity index (χ1) is 9.61. The van der Waals surface area contributed by atoms with Crippen molar-refractivity contribution in [3.05, 3.63) is 33.1 Å². The van der Waals surface area contributed by atoms with Gasteiger partial charge < -0.3 is 0 Å². The fraction of sp³-hybridized carbons (Fsp3) is 0.167. The molecule has 0 fully saturated rings. The standard InChI is InChI=1S/C12H10N4OS3/c1-6-3-4-8(18-6)10-14-12(20-16-10)15-11(17)9-5-13-7(2)19-9/h3-5H,1-2H3,(H,14,15,16,17). The first kappa shape index (κ1) is 13.3. The van der Waals surface area contributed by atoms with Gasteiger partial charge >= 0.3 is 0 Å². The van der Waals surface area contributed by atoms with Crippen molar-refractivity contribution in [1.82, 2.24) is 14.3 Å². The van der Waals surface area contributed by atoms with Crippen LogP contribution in [0.5, 0.6) is 0 Å². The van der Waals surface area contributed by atoms with Crippen LogP contribution in [0, 0.1) is 13.8 Å². The van der Waals surface area contributed by atoms with Crippen LogP contribution in [0.1, 0.15) is 19.6 Å². The molecule has 3 aromatic rings. The maximum atomic E-state index is 12.0. The van der Waals surface area contributed by atoms with Crippen molar-refractivity contribution in [1.29, 1.82) is 0 Å². The topological polar surface area (TPSA) is 67.8 Å². The Bertz CT molecular complexity index is 758. The highest BCUT2D eigenvalue weighted by molar-refractivity contribution is 7.16. The van der Waals surface area contributed by atoms with E-state index in [-0.39, 0.29) is 5.91 Å². The molecule has 5 nitrogen and oxygen atoms in total. The molecule has 0 spiro atoms. The lowest BCUT2D eigenvalue weighted by atomic mass is 10.4. The molecular formula is C12H10N4OS3. The Balaban J connectivity index is 1.76. The molecule has 20 heavy (non-hydrogen) atoms. The summed E-state index contributed by atoms with van der Waals surface area (Å²) in [6.07, 6.45) is 1.57. The number of rotatable bonds is 3. The number of aryl methyl sites for hydroxylation is 2. The maximum Gasteiger partial charge on any atom is 0.269 e. The van der Waals surface area contributed by atoms with Crippen molar-refractivity contribution in [3.63, 3.8) is 0 Å². The summed E-state index contributed by atoms with van der Waals surface area (Å²) in [7, 11) is 0. The third-order valence-electron chi connectivity index (χ3n) is 2.45. The zero-order valence-corrected chi connectivity index (χ0v) is 13.2. The monoisotopic (exact) mass is 322 g/mol. The normalized spacial score (nSPS) is 10.7. The number of hydrogen-bond donors (Lipinski definition) is 1. The first-order valence-electron chi connectivity index (χ1n) is 5.76. The molecule has 8 heteroatoms. The van der Waals surface area contributed by atoms with Gasteiger partial charge in [-0.25, -0.2) is 4.98 Å². The molecule has 3 heterocycles. The molecule has 0 aromatic carbocycles. The molecule has 0 aliphatic rings. The molecule has 0 bridgehead atoms.